The molecule has 0 aromatic rings. The van der Waals surface area contributed by atoms with Crippen LogP contribution in [0.2, 0.25) is 0 Å². The van der Waals surface area contributed by atoms with Crippen molar-refractivity contribution in [3.63, 3.8) is 0 Å². The van der Waals surface area contributed by atoms with E-state index in [1.54, 1.807) is 20.9 Å². The minimum atomic E-state index is -0.591. The minimum absolute atomic E-state index is 0.155. The van der Waals surface area contributed by atoms with Gasteiger partial charge in [-0.1, -0.05) is 6.92 Å². The predicted molar refractivity (Wildman–Crippen MR) is 52.7 cm³/mol. The number of ether oxygens (including phenoxy) is 1. The van der Waals surface area contributed by atoms with E-state index in [9.17, 15) is 9.59 Å². The van der Waals surface area contributed by atoms with Crippen molar-refractivity contribution in [2.45, 2.75) is 19.9 Å². The summed E-state index contributed by atoms with van der Waals surface area (Å²) in [6, 6.07) is -0.591. The van der Waals surface area contributed by atoms with E-state index in [0.29, 0.717) is 6.54 Å². The lowest BCUT2D eigenvalue weighted by molar-refractivity contribution is -0.144. The first kappa shape index (κ1) is 12.9. The summed E-state index contributed by atoms with van der Waals surface area (Å²) in [5.74, 6) is -0.751. The Labute approximate surface area is 84.2 Å². The third-order valence-electron chi connectivity index (χ3n) is 1.87. The molecular formula is C9H18N2O3. The van der Waals surface area contributed by atoms with E-state index in [0.717, 1.165) is 0 Å². The lowest BCUT2D eigenvalue weighted by Gasteiger charge is -2.15. The van der Waals surface area contributed by atoms with E-state index in [4.69, 9.17) is 0 Å². The van der Waals surface area contributed by atoms with Gasteiger partial charge in [-0.05, 0) is 14.0 Å². The quantitative estimate of drug-likeness (QED) is 0.591. The zero-order valence-corrected chi connectivity index (χ0v) is 9.09. The average molecular weight is 202 g/mol. The van der Waals surface area contributed by atoms with Crippen LogP contribution in [-0.2, 0) is 14.3 Å². The third-order valence-corrected chi connectivity index (χ3v) is 1.87. The van der Waals surface area contributed by atoms with E-state index >= 15 is 0 Å². The number of carbonyl (C=O) groups excluding carboxylic acids is 2. The molecule has 0 aromatic carbocycles. The monoisotopic (exact) mass is 202 g/mol. The number of carbonyl (C=O) groups is 2. The number of esters is 1. The van der Waals surface area contributed by atoms with Crippen LogP contribution in [0.3, 0.4) is 0 Å². The molecule has 2 atom stereocenters. The fourth-order valence-electron chi connectivity index (χ4n) is 0.990. The second-order valence-electron chi connectivity index (χ2n) is 3.21. The average Bonchev–Trinajstić information content (AvgIpc) is 2.16. The first-order valence-electron chi connectivity index (χ1n) is 4.55. The molecule has 1 unspecified atom stereocenters. The maximum absolute atomic E-state index is 11.4. The molecule has 2 N–H and O–H groups in total. The topological polar surface area (TPSA) is 67.4 Å². The lowest BCUT2D eigenvalue weighted by Crippen LogP contribution is -2.43. The van der Waals surface area contributed by atoms with E-state index < -0.39 is 12.0 Å². The predicted octanol–water partition coefficient (Wildman–Crippen LogP) is -0.480. The van der Waals surface area contributed by atoms with Crippen molar-refractivity contribution in [2.75, 3.05) is 20.7 Å². The summed E-state index contributed by atoms with van der Waals surface area (Å²) in [5, 5.41) is 5.45. The normalized spacial score (nSPS) is 14.3. The van der Waals surface area contributed by atoms with Gasteiger partial charge in [-0.15, -0.1) is 0 Å². The van der Waals surface area contributed by atoms with Crippen molar-refractivity contribution < 1.29 is 14.3 Å². The molecule has 0 aliphatic carbocycles. The molecule has 0 aliphatic heterocycles. The van der Waals surface area contributed by atoms with Crippen LogP contribution in [0.4, 0.5) is 0 Å². The smallest absolute Gasteiger partial charge is 0.328 e. The standard InChI is InChI=1S/C9H18N2O3/c1-6(5-10-3)8(12)11-7(2)9(13)14-4/h6-7,10H,5H2,1-4H3,(H,11,12)/t6?,7-/m1/s1. The fraction of sp³-hybridized carbons (Fsp3) is 0.778. The number of hydrogen-bond donors (Lipinski definition) is 2. The molecule has 14 heavy (non-hydrogen) atoms. The van der Waals surface area contributed by atoms with Gasteiger partial charge in [0.1, 0.15) is 6.04 Å². The number of nitrogens with one attached hydrogen (secondary N) is 2. The molecule has 0 spiro atoms. The SMILES string of the molecule is CNCC(C)C(=O)N[C@H](C)C(=O)OC. The van der Waals surface area contributed by atoms with Gasteiger partial charge in [0.25, 0.3) is 0 Å². The van der Waals surface area contributed by atoms with Gasteiger partial charge in [0.05, 0.1) is 7.11 Å². The van der Waals surface area contributed by atoms with Crippen molar-refractivity contribution in [3.05, 3.63) is 0 Å². The highest BCUT2D eigenvalue weighted by atomic mass is 16.5. The van der Waals surface area contributed by atoms with E-state index in [-0.39, 0.29) is 11.8 Å². The van der Waals surface area contributed by atoms with Gasteiger partial charge in [-0.3, -0.25) is 4.79 Å². The summed E-state index contributed by atoms with van der Waals surface area (Å²) in [5.41, 5.74) is 0. The van der Waals surface area contributed by atoms with E-state index in [2.05, 4.69) is 15.4 Å². The van der Waals surface area contributed by atoms with Crippen LogP contribution in [0.25, 0.3) is 0 Å². The van der Waals surface area contributed by atoms with Crippen LogP contribution < -0.4 is 10.6 Å². The number of rotatable bonds is 5. The highest BCUT2D eigenvalue weighted by Gasteiger charge is 2.19. The Morgan fingerprint density at radius 2 is 1.93 bits per heavy atom. The van der Waals surface area contributed by atoms with Crippen LogP contribution in [-0.4, -0.2) is 38.6 Å². The molecule has 0 heterocycles. The first-order chi connectivity index (χ1) is 6.52. The van der Waals surface area contributed by atoms with E-state index in [1.807, 2.05) is 0 Å². The van der Waals surface area contributed by atoms with Crippen LogP contribution in [0, 0.1) is 5.92 Å². The fourth-order valence-corrected chi connectivity index (χ4v) is 0.990. The van der Waals surface area contributed by atoms with Crippen LogP contribution in [0.15, 0.2) is 0 Å². The molecule has 0 aliphatic rings. The van der Waals surface area contributed by atoms with Gasteiger partial charge in [-0.2, -0.15) is 0 Å². The summed E-state index contributed by atoms with van der Waals surface area (Å²) < 4.78 is 4.48. The molecule has 5 heteroatoms. The first-order valence-corrected chi connectivity index (χ1v) is 4.55. The Hall–Kier alpha value is -1.10. The molecule has 5 nitrogen and oxygen atoms in total. The van der Waals surface area contributed by atoms with Crippen molar-refractivity contribution in [3.8, 4) is 0 Å². The molecule has 1 amide bonds. The van der Waals surface area contributed by atoms with Gasteiger partial charge in [0.15, 0.2) is 0 Å². The molecule has 0 radical (unpaired) electrons. The zero-order valence-electron chi connectivity index (χ0n) is 9.09. The van der Waals surface area contributed by atoms with Gasteiger partial charge in [0.2, 0.25) is 5.91 Å². The summed E-state index contributed by atoms with van der Waals surface area (Å²) in [4.78, 5) is 22.4. The Balaban J connectivity index is 3.98. The zero-order chi connectivity index (χ0) is 11.1. The number of amides is 1. The van der Waals surface area contributed by atoms with Crippen molar-refractivity contribution in [1.82, 2.24) is 10.6 Å². The largest absolute Gasteiger partial charge is 0.467 e. The maximum atomic E-state index is 11.4. The third kappa shape index (κ3) is 4.23. The molecule has 82 valence electrons. The van der Waals surface area contributed by atoms with Gasteiger partial charge in [-0.25, -0.2) is 4.79 Å². The second-order valence-corrected chi connectivity index (χ2v) is 3.21. The molecule has 0 rings (SSSR count). The minimum Gasteiger partial charge on any atom is -0.467 e. The summed E-state index contributed by atoms with van der Waals surface area (Å²) in [7, 11) is 3.07. The van der Waals surface area contributed by atoms with Crippen molar-refractivity contribution >= 4 is 11.9 Å². The Bertz CT molecular complexity index is 206. The molecule has 0 aromatic heterocycles. The Morgan fingerprint density at radius 1 is 1.36 bits per heavy atom. The molecule has 0 saturated carbocycles. The molecular weight excluding hydrogens is 184 g/mol. The second kappa shape index (κ2) is 6.37. The van der Waals surface area contributed by atoms with Crippen molar-refractivity contribution in [2.24, 2.45) is 5.92 Å². The summed E-state index contributed by atoms with van der Waals surface area (Å²) in [6.07, 6.45) is 0. The molecule has 0 fully saturated rings. The van der Waals surface area contributed by atoms with Crippen LogP contribution in [0.1, 0.15) is 13.8 Å². The molecule has 0 bridgehead atoms. The lowest BCUT2D eigenvalue weighted by atomic mass is 10.1. The highest BCUT2D eigenvalue weighted by molar-refractivity contribution is 5.85. The van der Waals surface area contributed by atoms with E-state index in [1.165, 1.54) is 7.11 Å². The highest BCUT2D eigenvalue weighted by Crippen LogP contribution is 1.94. The molecule has 0 saturated heterocycles. The Kier molecular flexibility index (Phi) is 5.87. The summed E-state index contributed by atoms with van der Waals surface area (Å²) in [6.45, 7) is 3.96. The number of methoxy groups -OCH3 is 1. The van der Waals surface area contributed by atoms with Gasteiger partial charge in [0, 0.05) is 12.5 Å². The summed E-state index contributed by atoms with van der Waals surface area (Å²) >= 11 is 0. The Morgan fingerprint density at radius 3 is 2.36 bits per heavy atom. The number of hydrogen-bond acceptors (Lipinski definition) is 4. The maximum Gasteiger partial charge on any atom is 0.328 e. The van der Waals surface area contributed by atoms with Crippen LogP contribution >= 0.6 is 0 Å². The van der Waals surface area contributed by atoms with Gasteiger partial charge < -0.3 is 15.4 Å². The van der Waals surface area contributed by atoms with Crippen LogP contribution in [0.5, 0.6) is 0 Å². The van der Waals surface area contributed by atoms with Gasteiger partial charge >= 0.3 is 5.97 Å². The van der Waals surface area contributed by atoms with Crippen molar-refractivity contribution in [1.29, 1.82) is 0 Å².